The number of rotatable bonds is 0. The van der Waals surface area contributed by atoms with Gasteiger partial charge in [-0.2, -0.15) is 0 Å². The molecular weight excluding hydrogens is 430 g/mol. The molecule has 0 aliphatic carbocycles. The Labute approximate surface area is 196 Å². The second-order valence-corrected chi connectivity index (χ2v) is 7.47. The van der Waals surface area contributed by atoms with Crippen molar-refractivity contribution >= 4 is 11.4 Å². The summed E-state index contributed by atoms with van der Waals surface area (Å²) in [6, 6.07) is 22.8. The number of azo groups is 2. The maximum Gasteiger partial charge on any atom is 0.203 e. The number of hydroxylamine groups is 2. The summed E-state index contributed by atoms with van der Waals surface area (Å²) in [5, 5.41) is 28.1. The van der Waals surface area contributed by atoms with Crippen LogP contribution in [-0.4, -0.2) is 10.3 Å². The topological polar surface area (TPSA) is 91.4 Å². The minimum Gasteiger partial charge on any atom is -0.487 e. The van der Waals surface area contributed by atoms with Crippen molar-refractivity contribution in [2.75, 3.05) is 0 Å². The van der Waals surface area contributed by atoms with Crippen LogP contribution in [0.1, 0.15) is 11.1 Å². The number of allylic oxidation sites excluding steroid dienone is 3. The summed E-state index contributed by atoms with van der Waals surface area (Å²) in [5.41, 5.74) is 3.78. The van der Waals surface area contributed by atoms with Crippen molar-refractivity contribution in [2.24, 2.45) is 20.5 Å². The van der Waals surface area contributed by atoms with Crippen molar-refractivity contribution in [3.8, 4) is 11.5 Å². The molecule has 2 aliphatic rings. The lowest BCUT2D eigenvalue weighted by Gasteiger charge is -2.13. The zero-order valence-corrected chi connectivity index (χ0v) is 18.2. The Morgan fingerprint density at radius 1 is 0.618 bits per heavy atom. The molecule has 0 atom stereocenters. The van der Waals surface area contributed by atoms with Gasteiger partial charge in [-0.25, -0.2) is 5.06 Å². The summed E-state index contributed by atoms with van der Waals surface area (Å²) in [7, 11) is 0. The van der Waals surface area contributed by atoms with Crippen LogP contribution >= 0.6 is 0 Å². The Kier molecular flexibility index (Phi) is 6.22. The maximum absolute atomic E-state index is 9.59. The van der Waals surface area contributed by atoms with Crippen molar-refractivity contribution in [2.45, 2.75) is 13.2 Å². The molecule has 0 spiro atoms. The predicted octanol–water partition coefficient (Wildman–Crippen LogP) is 6.97. The molecule has 0 bridgehead atoms. The monoisotopic (exact) mass is 451 g/mol. The molecule has 3 aromatic rings. The lowest BCUT2D eigenvalue weighted by molar-refractivity contribution is 0.0105. The SMILES string of the molecule is ON1C=CC(=C2N=Nc3ccccc3OCc3ccccc3COc3ccccc3N=N2)C=C1. The molecule has 5 rings (SSSR count). The molecule has 0 aromatic heterocycles. The number of benzene rings is 3. The van der Waals surface area contributed by atoms with Crippen LogP contribution in [0.2, 0.25) is 0 Å². The molecule has 1 N–H and O–H groups in total. The van der Waals surface area contributed by atoms with Crippen molar-refractivity contribution < 1.29 is 14.7 Å². The van der Waals surface area contributed by atoms with Gasteiger partial charge in [0.2, 0.25) is 5.82 Å². The number of hydrogen-bond donors (Lipinski definition) is 1. The van der Waals surface area contributed by atoms with Gasteiger partial charge in [0.25, 0.3) is 0 Å². The number of nitrogens with zero attached hydrogens (tertiary/aromatic N) is 5. The summed E-state index contributed by atoms with van der Waals surface area (Å²) < 4.78 is 12.2. The van der Waals surface area contributed by atoms with Crippen LogP contribution in [0.25, 0.3) is 0 Å². The third-order valence-corrected chi connectivity index (χ3v) is 5.19. The highest BCUT2D eigenvalue weighted by atomic mass is 16.5. The average molecular weight is 451 g/mol. The highest BCUT2D eigenvalue weighted by molar-refractivity contribution is 5.52. The largest absolute Gasteiger partial charge is 0.487 e. The Morgan fingerprint density at radius 3 is 1.62 bits per heavy atom. The summed E-state index contributed by atoms with van der Waals surface area (Å²) in [6.07, 6.45) is 6.30. The zero-order valence-electron chi connectivity index (χ0n) is 18.2. The first-order chi connectivity index (χ1) is 16.8. The molecule has 0 radical (unpaired) electrons. The second-order valence-electron chi connectivity index (χ2n) is 7.47. The molecule has 8 heteroatoms. The van der Waals surface area contributed by atoms with E-state index in [4.69, 9.17) is 9.47 Å². The van der Waals surface area contributed by atoms with E-state index in [9.17, 15) is 5.21 Å². The molecule has 3 aromatic carbocycles. The fourth-order valence-electron chi connectivity index (χ4n) is 3.38. The molecular formula is C26H21N5O3. The molecule has 0 amide bonds. The normalized spacial score (nSPS) is 15.4. The van der Waals surface area contributed by atoms with Crippen LogP contribution < -0.4 is 9.47 Å². The zero-order chi connectivity index (χ0) is 23.2. The summed E-state index contributed by atoms with van der Waals surface area (Å²) in [6.45, 7) is 0.711. The van der Waals surface area contributed by atoms with Gasteiger partial charge in [0.1, 0.15) is 36.1 Å². The number of fused-ring (bicyclic) bond motifs is 3. The van der Waals surface area contributed by atoms with Crippen molar-refractivity contribution in [1.82, 2.24) is 5.06 Å². The first kappa shape index (κ1) is 21.3. The lowest BCUT2D eigenvalue weighted by Crippen LogP contribution is -2.04. The Bertz CT molecular complexity index is 1250. The Hall–Kier alpha value is -4.56. The van der Waals surface area contributed by atoms with E-state index in [1.165, 1.54) is 12.4 Å². The Morgan fingerprint density at radius 2 is 1.09 bits per heavy atom. The van der Waals surface area contributed by atoms with Crippen LogP contribution in [0, 0.1) is 0 Å². The van der Waals surface area contributed by atoms with Gasteiger partial charge in [-0.15, -0.1) is 20.5 Å². The summed E-state index contributed by atoms with van der Waals surface area (Å²) in [4.78, 5) is 0. The van der Waals surface area contributed by atoms with Crippen LogP contribution in [-0.2, 0) is 13.2 Å². The van der Waals surface area contributed by atoms with Crippen LogP contribution in [0.15, 0.2) is 129 Å². The third kappa shape index (κ3) is 4.92. The minimum atomic E-state index is 0.267. The van der Waals surface area contributed by atoms with E-state index in [2.05, 4.69) is 20.5 Å². The van der Waals surface area contributed by atoms with Gasteiger partial charge in [-0.3, -0.25) is 5.21 Å². The third-order valence-electron chi connectivity index (χ3n) is 5.19. The van der Waals surface area contributed by atoms with Gasteiger partial charge in [-0.05, 0) is 47.5 Å². The van der Waals surface area contributed by atoms with E-state index in [0.29, 0.717) is 41.7 Å². The number of para-hydroxylation sites is 2. The van der Waals surface area contributed by atoms with E-state index < -0.39 is 0 Å². The van der Waals surface area contributed by atoms with Gasteiger partial charge >= 0.3 is 0 Å². The minimum absolute atomic E-state index is 0.267. The number of hydrogen-bond acceptors (Lipinski definition) is 8. The first-order valence-corrected chi connectivity index (χ1v) is 10.7. The maximum atomic E-state index is 9.59. The van der Waals surface area contributed by atoms with Crippen LogP contribution in [0.3, 0.4) is 0 Å². The quantitative estimate of drug-likeness (QED) is 0.399. The van der Waals surface area contributed by atoms with Crippen LogP contribution in [0.4, 0.5) is 11.4 Å². The van der Waals surface area contributed by atoms with E-state index in [1.54, 1.807) is 12.2 Å². The van der Waals surface area contributed by atoms with Gasteiger partial charge in [0.15, 0.2) is 0 Å². The molecule has 0 saturated heterocycles. The van der Waals surface area contributed by atoms with Gasteiger partial charge < -0.3 is 9.47 Å². The van der Waals surface area contributed by atoms with Crippen LogP contribution in [0.5, 0.6) is 11.5 Å². The van der Waals surface area contributed by atoms with Crippen molar-refractivity contribution in [3.05, 3.63) is 120 Å². The number of ether oxygens (including phenoxy) is 2. The smallest absolute Gasteiger partial charge is 0.203 e. The molecule has 0 unspecified atom stereocenters. The predicted molar refractivity (Wildman–Crippen MR) is 126 cm³/mol. The highest BCUT2D eigenvalue weighted by Gasteiger charge is 2.11. The highest BCUT2D eigenvalue weighted by Crippen LogP contribution is 2.32. The molecule has 34 heavy (non-hydrogen) atoms. The van der Waals surface area contributed by atoms with Crippen molar-refractivity contribution in [1.29, 1.82) is 0 Å². The van der Waals surface area contributed by atoms with E-state index in [-0.39, 0.29) is 5.82 Å². The average Bonchev–Trinajstić information content (AvgIpc) is 2.88. The molecule has 2 heterocycles. The van der Waals surface area contributed by atoms with E-state index >= 15 is 0 Å². The van der Waals surface area contributed by atoms with E-state index in [1.807, 2.05) is 72.8 Å². The molecule has 0 fully saturated rings. The molecule has 168 valence electrons. The fourth-order valence-corrected chi connectivity index (χ4v) is 3.38. The Balaban J connectivity index is 1.61. The summed E-state index contributed by atoms with van der Waals surface area (Å²) >= 11 is 0. The van der Waals surface area contributed by atoms with Crippen molar-refractivity contribution in [3.63, 3.8) is 0 Å². The first-order valence-electron chi connectivity index (χ1n) is 10.7. The molecule has 2 aliphatic heterocycles. The van der Waals surface area contributed by atoms with Gasteiger partial charge in [-0.1, -0.05) is 48.5 Å². The second kappa shape index (κ2) is 9.93. The molecule has 8 nitrogen and oxygen atoms in total. The lowest BCUT2D eigenvalue weighted by atomic mass is 10.1. The fraction of sp³-hybridized carbons (Fsp3) is 0.0769. The van der Waals surface area contributed by atoms with Gasteiger partial charge in [0.05, 0.1) is 0 Å². The molecule has 0 saturated carbocycles. The van der Waals surface area contributed by atoms with Gasteiger partial charge in [0, 0.05) is 18.0 Å². The standard InChI is InChI=1S/C26H21N5O3/c32-31-15-13-19(14-16-31)26-29-27-22-9-3-5-11-24(22)33-17-20-7-1-2-8-21(20)18-34-25-12-6-4-10-23(25)28-30-26/h1-16,32H,17-18H2. The van der Waals surface area contributed by atoms with E-state index in [0.717, 1.165) is 16.2 Å². The summed E-state index contributed by atoms with van der Waals surface area (Å²) in [5.74, 6) is 1.46.